The molecule has 0 unspecified atom stereocenters. The predicted molar refractivity (Wildman–Crippen MR) is 244 cm³/mol. The standard InChI is InChI=1S/C55H36N4/c1-5-19-37(20-6-1)41-33-42(38-21-7-2-8-22-38)35-43(34-41)54-56-53(40-25-11-4-12-26-40)57-55(58-54)48-36-51(52(39-23-9-3-10-24-39)47-30-14-13-27-44(47)48)59-49-31-17-15-28-45(49)46-29-16-18-32-50(46)59/h1-36H. The molecular formula is C55H36N4. The molecule has 0 saturated carbocycles. The summed E-state index contributed by atoms with van der Waals surface area (Å²) in [5.74, 6) is 1.84. The molecule has 0 aliphatic carbocycles. The number of aromatic nitrogens is 4. The molecule has 9 aromatic carbocycles. The lowest BCUT2D eigenvalue weighted by Crippen LogP contribution is -2.03. The first-order valence-electron chi connectivity index (χ1n) is 19.9. The van der Waals surface area contributed by atoms with Crippen molar-refractivity contribution in [2.45, 2.75) is 0 Å². The summed E-state index contributed by atoms with van der Waals surface area (Å²) < 4.78 is 2.42. The van der Waals surface area contributed by atoms with Crippen LogP contribution in [0, 0.1) is 0 Å². The number of benzene rings is 9. The van der Waals surface area contributed by atoms with E-state index in [2.05, 4.69) is 205 Å². The third-order valence-corrected chi connectivity index (χ3v) is 11.2. The predicted octanol–water partition coefficient (Wildman–Crippen LogP) is 14.1. The fourth-order valence-corrected chi connectivity index (χ4v) is 8.51. The highest BCUT2D eigenvalue weighted by Crippen LogP contribution is 2.43. The van der Waals surface area contributed by atoms with E-state index in [1.165, 1.54) is 10.8 Å². The Morgan fingerprint density at radius 2 is 0.661 bits per heavy atom. The maximum atomic E-state index is 5.44. The Labute approximate surface area is 342 Å². The second-order valence-corrected chi connectivity index (χ2v) is 14.8. The third-order valence-electron chi connectivity index (χ3n) is 11.2. The zero-order valence-electron chi connectivity index (χ0n) is 32.1. The molecule has 4 heteroatoms. The fraction of sp³-hybridized carbons (Fsp3) is 0. The monoisotopic (exact) mass is 752 g/mol. The molecule has 0 radical (unpaired) electrons. The van der Waals surface area contributed by atoms with Gasteiger partial charge in [-0.3, -0.25) is 0 Å². The minimum atomic E-state index is 0.609. The Balaban J connectivity index is 1.23. The summed E-state index contributed by atoms with van der Waals surface area (Å²) in [7, 11) is 0. The van der Waals surface area contributed by atoms with Crippen molar-refractivity contribution in [3.05, 3.63) is 218 Å². The lowest BCUT2D eigenvalue weighted by atomic mass is 9.92. The van der Waals surface area contributed by atoms with Gasteiger partial charge in [-0.1, -0.05) is 182 Å². The van der Waals surface area contributed by atoms with Crippen LogP contribution in [0.2, 0.25) is 0 Å². The van der Waals surface area contributed by atoms with Gasteiger partial charge in [-0.25, -0.2) is 15.0 Å². The van der Waals surface area contributed by atoms with E-state index >= 15 is 0 Å². The van der Waals surface area contributed by atoms with Crippen LogP contribution in [0.15, 0.2) is 218 Å². The molecule has 276 valence electrons. The van der Waals surface area contributed by atoms with Gasteiger partial charge in [0.15, 0.2) is 17.5 Å². The SMILES string of the molecule is c1ccc(-c2cc(-c3ccccc3)cc(-c3nc(-c4ccccc4)nc(-c4cc(-n5c6ccccc6c6ccccc65)c(-c5ccccc5)c5ccccc45)n3)c2)cc1. The molecule has 11 rings (SSSR count). The Hall–Kier alpha value is -7.95. The van der Waals surface area contributed by atoms with E-state index in [9.17, 15) is 0 Å². The fourth-order valence-electron chi connectivity index (χ4n) is 8.51. The summed E-state index contributed by atoms with van der Waals surface area (Å²) in [6, 6.07) is 77.0. The topological polar surface area (TPSA) is 43.6 Å². The molecule has 4 nitrogen and oxygen atoms in total. The van der Waals surface area contributed by atoms with Gasteiger partial charge in [0.2, 0.25) is 0 Å². The van der Waals surface area contributed by atoms with Crippen LogP contribution in [0.4, 0.5) is 0 Å². The van der Waals surface area contributed by atoms with Crippen molar-refractivity contribution in [1.29, 1.82) is 0 Å². The van der Waals surface area contributed by atoms with Gasteiger partial charge in [0, 0.05) is 33.0 Å². The summed E-state index contributed by atoms with van der Waals surface area (Å²) in [4.78, 5) is 16.0. The van der Waals surface area contributed by atoms with E-state index in [0.717, 1.165) is 77.6 Å². The average Bonchev–Trinajstić information content (AvgIpc) is 3.66. The molecule has 0 amide bonds. The average molecular weight is 753 g/mol. The minimum absolute atomic E-state index is 0.609. The number of nitrogens with zero attached hydrogens (tertiary/aromatic N) is 4. The molecule has 0 N–H and O–H groups in total. The van der Waals surface area contributed by atoms with Crippen molar-refractivity contribution in [3.8, 4) is 73.2 Å². The number of rotatable bonds is 7. The van der Waals surface area contributed by atoms with Crippen LogP contribution in [-0.2, 0) is 0 Å². The first-order chi connectivity index (χ1) is 29.3. The van der Waals surface area contributed by atoms with Gasteiger partial charge in [0.25, 0.3) is 0 Å². The molecule has 0 spiro atoms. The van der Waals surface area contributed by atoms with Crippen molar-refractivity contribution in [2.75, 3.05) is 0 Å². The van der Waals surface area contributed by atoms with Crippen LogP contribution in [0.5, 0.6) is 0 Å². The van der Waals surface area contributed by atoms with E-state index in [1.807, 2.05) is 18.2 Å². The normalized spacial score (nSPS) is 11.4. The lowest BCUT2D eigenvalue weighted by molar-refractivity contribution is 1.07. The Morgan fingerprint density at radius 3 is 1.20 bits per heavy atom. The van der Waals surface area contributed by atoms with Gasteiger partial charge in [-0.15, -0.1) is 0 Å². The molecule has 0 saturated heterocycles. The highest BCUT2D eigenvalue weighted by Gasteiger charge is 2.23. The number of fused-ring (bicyclic) bond motifs is 4. The quantitative estimate of drug-likeness (QED) is 0.163. The van der Waals surface area contributed by atoms with Crippen molar-refractivity contribution in [2.24, 2.45) is 0 Å². The number of hydrogen-bond donors (Lipinski definition) is 0. The van der Waals surface area contributed by atoms with Crippen LogP contribution in [0.3, 0.4) is 0 Å². The zero-order valence-corrected chi connectivity index (χ0v) is 32.1. The van der Waals surface area contributed by atoms with Gasteiger partial charge < -0.3 is 4.57 Å². The first-order valence-corrected chi connectivity index (χ1v) is 19.9. The molecule has 59 heavy (non-hydrogen) atoms. The molecule has 2 aromatic heterocycles. The van der Waals surface area contributed by atoms with E-state index < -0.39 is 0 Å². The molecule has 0 aliphatic rings. The molecule has 0 aliphatic heterocycles. The van der Waals surface area contributed by atoms with Crippen LogP contribution in [0.25, 0.3) is 106 Å². The van der Waals surface area contributed by atoms with E-state index in [0.29, 0.717) is 17.5 Å². The van der Waals surface area contributed by atoms with Gasteiger partial charge in [-0.2, -0.15) is 0 Å². The van der Waals surface area contributed by atoms with Gasteiger partial charge >= 0.3 is 0 Å². The van der Waals surface area contributed by atoms with E-state index in [1.54, 1.807) is 0 Å². The summed E-state index contributed by atoms with van der Waals surface area (Å²) >= 11 is 0. The largest absolute Gasteiger partial charge is 0.309 e. The summed E-state index contributed by atoms with van der Waals surface area (Å²) in [6.07, 6.45) is 0. The van der Waals surface area contributed by atoms with Gasteiger partial charge in [0.05, 0.1) is 16.7 Å². The number of para-hydroxylation sites is 2. The lowest BCUT2D eigenvalue weighted by Gasteiger charge is -2.20. The maximum Gasteiger partial charge on any atom is 0.164 e. The Morgan fingerprint density at radius 1 is 0.271 bits per heavy atom. The highest BCUT2D eigenvalue weighted by molar-refractivity contribution is 6.13. The Bertz CT molecular complexity index is 3190. The molecule has 0 bridgehead atoms. The number of hydrogen-bond acceptors (Lipinski definition) is 3. The highest BCUT2D eigenvalue weighted by atomic mass is 15.0. The first kappa shape index (κ1) is 34.3. The molecule has 2 heterocycles. The van der Waals surface area contributed by atoms with E-state index in [4.69, 9.17) is 15.0 Å². The Kier molecular flexibility index (Phi) is 8.45. The summed E-state index contributed by atoms with van der Waals surface area (Å²) in [6.45, 7) is 0. The van der Waals surface area contributed by atoms with Crippen molar-refractivity contribution in [3.63, 3.8) is 0 Å². The minimum Gasteiger partial charge on any atom is -0.309 e. The second-order valence-electron chi connectivity index (χ2n) is 14.8. The van der Waals surface area contributed by atoms with Crippen LogP contribution < -0.4 is 0 Å². The molecule has 11 aromatic rings. The molecule has 0 atom stereocenters. The zero-order chi connectivity index (χ0) is 39.1. The van der Waals surface area contributed by atoms with Crippen molar-refractivity contribution in [1.82, 2.24) is 19.5 Å². The molecular weight excluding hydrogens is 717 g/mol. The maximum absolute atomic E-state index is 5.44. The third kappa shape index (κ3) is 6.15. The van der Waals surface area contributed by atoms with Crippen molar-refractivity contribution < 1.29 is 0 Å². The second kappa shape index (κ2) is 14.5. The van der Waals surface area contributed by atoms with E-state index in [-0.39, 0.29) is 0 Å². The summed E-state index contributed by atoms with van der Waals surface area (Å²) in [5, 5.41) is 4.60. The van der Waals surface area contributed by atoms with Crippen molar-refractivity contribution >= 4 is 32.6 Å². The van der Waals surface area contributed by atoms with Crippen LogP contribution in [-0.4, -0.2) is 19.5 Å². The molecule has 0 fully saturated rings. The van der Waals surface area contributed by atoms with Gasteiger partial charge in [-0.05, 0) is 75.0 Å². The van der Waals surface area contributed by atoms with Gasteiger partial charge in [0.1, 0.15) is 0 Å². The van der Waals surface area contributed by atoms with Crippen LogP contribution in [0.1, 0.15) is 0 Å². The summed E-state index contributed by atoms with van der Waals surface area (Å²) in [5.41, 5.74) is 12.8. The van der Waals surface area contributed by atoms with Crippen LogP contribution >= 0.6 is 0 Å². The smallest absolute Gasteiger partial charge is 0.164 e.